The van der Waals surface area contributed by atoms with Crippen molar-refractivity contribution in [2.45, 2.75) is 26.4 Å². The maximum absolute atomic E-state index is 11.4. The molecule has 0 saturated carbocycles. The van der Waals surface area contributed by atoms with Gasteiger partial charge in [-0.25, -0.2) is 4.79 Å². The minimum Gasteiger partial charge on any atom is -0.442 e. The van der Waals surface area contributed by atoms with Gasteiger partial charge in [-0.3, -0.25) is 4.79 Å². The third kappa shape index (κ3) is 2.69. The van der Waals surface area contributed by atoms with Crippen LogP contribution in [0.5, 0.6) is 0 Å². The van der Waals surface area contributed by atoms with E-state index in [1.54, 1.807) is 20.8 Å². The molecule has 1 aromatic heterocycles. The summed E-state index contributed by atoms with van der Waals surface area (Å²) in [6.45, 7) is 5.28. The minimum absolute atomic E-state index is 0.204. The summed E-state index contributed by atoms with van der Waals surface area (Å²) in [5.74, 6) is 0. The molecule has 0 aliphatic rings. The molecule has 0 fully saturated rings. The van der Waals surface area contributed by atoms with E-state index in [1.807, 2.05) is 0 Å². The van der Waals surface area contributed by atoms with Crippen LogP contribution in [0.4, 0.5) is 4.79 Å². The first kappa shape index (κ1) is 10.4. The zero-order chi connectivity index (χ0) is 10.8. The lowest BCUT2D eigenvalue weighted by molar-refractivity contribution is 0.0514. The topological polar surface area (TPSA) is 61.2 Å². The number of hydrogen-bond acceptors (Lipinski definition) is 4. The monoisotopic (exact) mass is 196 g/mol. The largest absolute Gasteiger partial charge is 0.442 e. The van der Waals surface area contributed by atoms with Crippen molar-refractivity contribution in [1.29, 1.82) is 0 Å². The molecular formula is C9H12N2O3. The fraction of sp³-hybridized carbons (Fsp3) is 0.444. The van der Waals surface area contributed by atoms with Crippen LogP contribution in [-0.2, 0) is 4.74 Å². The van der Waals surface area contributed by atoms with Gasteiger partial charge in [0.1, 0.15) is 11.3 Å². The lowest BCUT2D eigenvalue weighted by Crippen LogP contribution is -2.27. The second kappa shape index (κ2) is 3.61. The Morgan fingerprint density at radius 3 is 2.64 bits per heavy atom. The Morgan fingerprint density at radius 2 is 2.21 bits per heavy atom. The van der Waals surface area contributed by atoms with Crippen molar-refractivity contribution in [3.8, 4) is 0 Å². The smallest absolute Gasteiger partial charge is 0.435 e. The molecule has 14 heavy (non-hydrogen) atoms. The van der Waals surface area contributed by atoms with E-state index in [-0.39, 0.29) is 5.69 Å². The van der Waals surface area contributed by atoms with Crippen LogP contribution in [0.1, 0.15) is 31.3 Å². The molecule has 0 amide bonds. The van der Waals surface area contributed by atoms with Crippen LogP contribution in [0, 0.1) is 0 Å². The first-order valence-corrected chi connectivity index (χ1v) is 4.16. The summed E-state index contributed by atoms with van der Waals surface area (Å²) >= 11 is 0. The number of aldehydes is 1. The molecule has 5 heteroatoms. The van der Waals surface area contributed by atoms with Gasteiger partial charge in [0, 0.05) is 6.20 Å². The van der Waals surface area contributed by atoms with Crippen LogP contribution in [-0.4, -0.2) is 27.8 Å². The summed E-state index contributed by atoms with van der Waals surface area (Å²) in [5, 5.41) is 3.69. The van der Waals surface area contributed by atoms with Crippen LogP contribution < -0.4 is 0 Å². The van der Waals surface area contributed by atoms with Crippen molar-refractivity contribution in [3.05, 3.63) is 18.0 Å². The summed E-state index contributed by atoms with van der Waals surface area (Å²) < 4.78 is 6.02. The van der Waals surface area contributed by atoms with E-state index in [2.05, 4.69) is 5.10 Å². The van der Waals surface area contributed by atoms with Crippen molar-refractivity contribution >= 4 is 12.4 Å². The maximum Gasteiger partial charge on any atom is 0.435 e. The lowest BCUT2D eigenvalue weighted by Gasteiger charge is -2.18. The molecule has 0 N–H and O–H groups in total. The van der Waals surface area contributed by atoms with E-state index >= 15 is 0 Å². The maximum atomic E-state index is 11.4. The fourth-order valence-electron chi connectivity index (χ4n) is 0.811. The van der Waals surface area contributed by atoms with Gasteiger partial charge >= 0.3 is 6.09 Å². The zero-order valence-electron chi connectivity index (χ0n) is 8.35. The summed E-state index contributed by atoms with van der Waals surface area (Å²) in [7, 11) is 0. The van der Waals surface area contributed by atoms with Crippen molar-refractivity contribution in [1.82, 2.24) is 9.78 Å². The highest BCUT2D eigenvalue weighted by molar-refractivity contribution is 5.74. The lowest BCUT2D eigenvalue weighted by atomic mass is 10.2. The van der Waals surface area contributed by atoms with Crippen LogP contribution >= 0.6 is 0 Å². The van der Waals surface area contributed by atoms with Gasteiger partial charge in [0.25, 0.3) is 0 Å². The molecule has 0 saturated heterocycles. The molecule has 1 rings (SSSR count). The summed E-state index contributed by atoms with van der Waals surface area (Å²) in [4.78, 5) is 21.7. The Labute approximate surface area is 81.7 Å². The van der Waals surface area contributed by atoms with Crippen molar-refractivity contribution in [2.75, 3.05) is 0 Å². The Balaban J connectivity index is 2.75. The molecule has 0 aromatic carbocycles. The molecule has 1 heterocycles. The molecular weight excluding hydrogens is 184 g/mol. The average Bonchev–Trinajstić information content (AvgIpc) is 2.48. The number of carbonyl (C=O) groups is 2. The van der Waals surface area contributed by atoms with Crippen molar-refractivity contribution in [2.24, 2.45) is 0 Å². The SMILES string of the molecule is CC(C)(C)OC(=O)n1ccc(C=O)n1. The molecule has 76 valence electrons. The molecule has 0 bridgehead atoms. The van der Waals surface area contributed by atoms with Crippen molar-refractivity contribution in [3.63, 3.8) is 0 Å². The van der Waals surface area contributed by atoms with E-state index in [0.29, 0.717) is 6.29 Å². The third-order valence-electron chi connectivity index (χ3n) is 1.31. The van der Waals surface area contributed by atoms with Gasteiger partial charge in [-0.2, -0.15) is 9.78 Å². The predicted molar refractivity (Wildman–Crippen MR) is 49.2 cm³/mol. The minimum atomic E-state index is -0.592. The van der Waals surface area contributed by atoms with Gasteiger partial charge in [-0.1, -0.05) is 0 Å². The average molecular weight is 196 g/mol. The van der Waals surface area contributed by atoms with E-state index in [1.165, 1.54) is 12.3 Å². The van der Waals surface area contributed by atoms with E-state index in [9.17, 15) is 9.59 Å². The highest BCUT2D eigenvalue weighted by Crippen LogP contribution is 2.08. The van der Waals surface area contributed by atoms with Gasteiger partial charge in [0.2, 0.25) is 0 Å². The molecule has 0 aliphatic heterocycles. The quantitative estimate of drug-likeness (QED) is 0.638. The van der Waals surface area contributed by atoms with Crippen LogP contribution in [0.3, 0.4) is 0 Å². The van der Waals surface area contributed by atoms with Crippen LogP contribution in [0.15, 0.2) is 12.3 Å². The van der Waals surface area contributed by atoms with Gasteiger partial charge in [-0.15, -0.1) is 0 Å². The molecule has 5 nitrogen and oxygen atoms in total. The fourth-order valence-corrected chi connectivity index (χ4v) is 0.811. The molecule has 0 aliphatic carbocycles. The van der Waals surface area contributed by atoms with Crippen molar-refractivity contribution < 1.29 is 14.3 Å². The summed E-state index contributed by atoms with van der Waals surface area (Å²) in [6.07, 6.45) is 1.36. The number of aromatic nitrogens is 2. The standard InChI is InChI=1S/C9H12N2O3/c1-9(2,3)14-8(13)11-5-4-7(6-12)10-11/h4-6H,1-3H3. The highest BCUT2D eigenvalue weighted by Gasteiger charge is 2.18. The molecule has 0 unspecified atom stereocenters. The Hall–Kier alpha value is -1.65. The zero-order valence-corrected chi connectivity index (χ0v) is 8.35. The molecule has 0 atom stereocenters. The van der Waals surface area contributed by atoms with Gasteiger partial charge in [0.05, 0.1) is 0 Å². The Morgan fingerprint density at radius 1 is 1.57 bits per heavy atom. The normalized spacial score (nSPS) is 11.1. The number of carbonyl (C=O) groups excluding carboxylic acids is 2. The van der Waals surface area contributed by atoms with Gasteiger partial charge in [-0.05, 0) is 26.8 Å². The Kier molecular flexibility index (Phi) is 2.69. The number of hydrogen-bond donors (Lipinski definition) is 0. The predicted octanol–water partition coefficient (Wildman–Crippen LogP) is 1.48. The second-order valence-corrected chi connectivity index (χ2v) is 3.78. The van der Waals surface area contributed by atoms with Crippen LogP contribution in [0.2, 0.25) is 0 Å². The van der Waals surface area contributed by atoms with E-state index < -0.39 is 11.7 Å². The molecule has 0 spiro atoms. The third-order valence-corrected chi connectivity index (χ3v) is 1.31. The molecule has 1 aromatic rings. The van der Waals surface area contributed by atoms with Crippen LogP contribution in [0.25, 0.3) is 0 Å². The summed E-state index contributed by atoms with van der Waals surface area (Å²) in [6, 6.07) is 1.44. The van der Waals surface area contributed by atoms with E-state index in [4.69, 9.17) is 4.74 Å². The number of rotatable bonds is 1. The van der Waals surface area contributed by atoms with Gasteiger partial charge in [0.15, 0.2) is 6.29 Å². The first-order valence-electron chi connectivity index (χ1n) is 4.16. The Bertz CT molecular complexity index is 349. The number of nitrogens with zero attached hydrogens (tertiary/aromatic N) is 2. The summed E-state index contributed by atoms with van der Waals surface area (Å²) in [5.41, 5.74) is -0.361. The highest BCUT2D eigenvalue weighted by atomic mass is 16.6. The number of ether oxygens (including phenoxy) is 1. The second-order valence-electron chi connectivity index (χ2n) is 3.78. The first-order chi connectivity index (χ1) is 6.42. The van der Waals surface area contributed by atoms with E-state index in [0.717, 1.165) is 4.68 Å². The molecule has 0 radical (unpaired) electrons. The van der Waals surface area contributed by atoms with Gasteiger partial charge < -0.3 is 4.74 Å².